The Morgan fingerprint density at radius 2 is 1.65 bits per heavy atom. The summed E-state index contributed by atoms with van der Waals surface area (Å²) >= 11 is 0. The number of carbonyl (C=O) groups excluding carboxylic acids is 2. The fourth-order valence-corrected chi connectivity index (χ4v) is 2.35. The third-order valence-electron chi connectivity index (χ3n) is 3.58. The molecule has 0 aromatic carbocycles. The molecule has 0 aliphatic heterocycles. The molecule has 1 fully saturated rings. The predicted octanol–water partition coefficient (Wildman–Crippen LogP) is 2.45. The monoisotopic (exact) mass is 242 g/mol. The first kappa shape index (κ1) is 14.0. The standard InChI is InChI=1S/C13H22O4/c1-10(2)13(8-4-5-9-13)17-12(15)7-6-11(14)16-3/h10H,4-9H2,1-3H3. The summed E-state index contributed by atoms with van der Waals surface area (Å²) in [4.78, 5) is 22.6. The summed E-state index contributed by atoms with van der Waals surface area (Å²) in [6.07, 6.45) is 4.32. The molecule has 0 aromatic rings. The van der Waals surface area contributed by atoms with E-state index in [-0.39, 0.29) is 30.4 Å². The molecule has 0 spiro atoms. The van der Waals surface area contributed by atoms with Gasteiger partial charge in [0.1, 0.15) is 5.60 Å². The maximum atomic E-state index is 11.7. The molecule has 17 heavy (non-hydrogen) atoms. The van der Waals surface area contributed by atoms with Crippen molar-refractivity contribution >= 4 is 11.9 Å². The average molecular weight is 242 g/mol. The van der Waals surface area contributed by atoms with Crippen molar-refractivity contribution in [2.75, 3.05) is 7.11 Å². The normalized spacial score (nSPS) is 18.1. The van der Waals surface area contributed by atoms with E-state index in [0.717, 1.165) is 25.7 Å². The van der Waals surface area contributed by atoms with Gasteiger partial charge in [-0.25, -0.2) is 0 Å². The van der Waals surface area contributed by atoms with Gasteiger partial charge in [0.25, 0.3) is 0 Å². The van der Waals surface area contributed by atoms with E-state index >= 15 is 0 Å². The van der Waals surface area contributed by atoms with E-state index in [4.69, 9.17) is 4.74 Å². The number of carbonyl (C=O) groups is 2. The zero-order valence-corrected chi connectivity index (χ0v) is 11.0. The van der Waals surface area contributed by atoms with Crippen molar-refractivity contribution in [2.24, 2.45) is 5.92 Å². The minimum atomic E-state index is -0.369. The molecule has 0 atom stereocenters. The molecule has 0 saturated heterocycles. The lowest BCUT2D eigenvalue weighted by molar-refractivity contribution is -0.166. The summed E-state index contributed by atoms with van der Waals surface area (Å²) in [5.74, 6) is -0.329. The first-order chi connectivity index (χ1) is 8.00. The second kappa shape index (κ2) is 6.03. The van der Waals surface area contributed by atoms with E-state index in [1.807, 2.05) is 0 Å². The number of methoxy groups -OCH3 is 1. The summed E-state index contributed by atoms with van der Waals surface area (Å²) in [5, 5.41) is 0. The molecule has 0 amide bonds. The first-order valence-electron chi connectivity index (χ1n) is 6.29. The van der Waals surface area contributed by atoms with Gasteiger partial charge in [-0.05, 0) is 31.6 Å². The fraction of sp³-hybridized carbons (Fsp3) is 0.846. The minimum absolute atomic E-state index is 0.101. The van der Waals surface area contributed by atoms with Crippen molar-refractivity contribution in [1.29, 1.82) is 0 Å². The van der Waals surface area contributed by atoms with Gasteiger partial charge in [0.05, 0.1) is 20.0 Å². The molecule has 98 valence electrons. The fourth-order valence-electron chi connectivity index (χ4n) is 2.35. The lowest BCUT2D eigenvalue weighted by atomic mass is 9.88. The number of hydrogen-bond donors (Lipinski definition) is 0. The molecule has 1 saturated carbocycles. The summed E-state index contributed by atoms with van der Waals surface area (Å²) < 4.78 is 10.1. The molecule has 1 aliphatic rings. The molecule has 0 unspecified atom stereocenters. The Morgan fingerprint density at radius 3 is 2.12 bits per heavy atom. The number of ether oxygens (including phenoxy) is 2. The van der Waals surface area contributed by atoms with Crippen LogP contribution in [0, 0.1) is 5.92 Å². The van der Waals surface area contributed by atoms with Gasteiger partial charge >= 0.3 is 11.9 Å². The van der Waals surface area contributed by atoms with Crippen LogP contribution in [-0.4, -0.2) is 24.6 Å². The Kier molecular flexibility index (Phi) is 4.97. The predicted molar refractivity (Wildman–Crippen MR) is 63.4 cm³/mol. The van der Waals surface area contributed by atoms with Crippen molar-refractivity contribution in [1.82, 2.24) is 0 Å². The summed E-state index contributed by atoms with van der Waals surface area (Å²) in [6.45, 7) is 4.16. The zero-order valence-electron chi connectivity index (χ0n) is 11.0. The van der Waals surface area contributed by atoms with Gasteiger partial charge in [-0.3, -0.25) is 9.59 Å². The number of hydrogen-bond acceptors (Lipinski definition) is 4. The first-order valence-corrected chi connectivity index (χ1v) is 6.29. The topological polar surface area (TPSA) is 52.6 Å². The van der Waals surface area contributed by atoms with Crippen molar-refractivity contribution in [3.8, 4) is 0 Å². The van der Waals surface area contributed by atoms with Crippen molar-refractivity contribution in [2.45, 2.75) is 58.0 Å². The van der Waals surface area contributed by atoms with Gasteiger partial charge in [0, 0.05) is 0 Å². The van der Waals surface area contributed by atoms with Gasteiger partial charge in [-0.2, -0.15) is 0 Å². The second-order valence-corrected chi connectivity index (χ2v) is 4.98. The third-order valence-corrected chi connectivity index (χ3v) is 3.58. The van der Waals surface area contributed by atoms with Crippen LogP contribution in [0.25, 0.3) is 0 Å². The molecule has 1 rings (SSSR count). The lowest BCUT2D eigenvalue weighted by Gasteiger charge is -2.33. The van der Waals surface area contributed by atoms with Gasteiger partial charge in [-0.15, -0.1) is 0 Å². The molecule has 4 nitrogen and oxygen atoms in total. The van der Waals surface area contributed by atoms with Crippen LogP contribution in [0.4, 0.5) is 0 Å². The molecule has 4 heteroatoms. The molecule has 0 bridgehead atoms. The van der Waals surface area contributed by atoms with Crippen LogP contribution >= 0.6 is 0 Å². The van der Waals surface area contributed by atoms with E-state index in [1.54, 1.807) is 0 Å². The van der Waals surface area contributed by atoms with Crippen LogP contribution in [0.15, 0.2) is 0 Å². The summed E-state index contributed by atoms with van der Waals surface area (Å²) in [5.41, 5.74) is -0.298. The third kappa shape index (κ3) is 3.72. The van der Waals surface area contributed by atoms with E-state index in [1.165, 1.54) is 7.11 Å². The lowest BCUT2D eigenvalue weighted by Crippen LogP contribution is -2.37. The highest BCUT2D eigenvalue weighted by Crippen LogP contribution is 2.39. The highest BCUT2D eigenvalue weighted by Gasteiger charge is 2.40. The minimum Gasteiger partial charge on any atom is -0.469 e. The van der Waals surface area contributed by atoms with E-state index < -0.39 is 0 Å². The Bertz CT molecular complexity index is 277. The molecule has 0 radical (unpaired) electrons. The maximum Gasteiger partial charge on any atom is 0.306 e. The SMILES string of the molecule is COC(=O)CCC(=O)OC1(C(C)C)CCCC1. The van der Waals surface area contributed by atoms with Gasteiger partial charge in [0.15, 0.2) is 0 Å². The maximum absolute atomic E-state index is 11.7. The quantitative estimate of drug-likeness (QED) is 0.695. The highest BCUT2D eigenvalue weighted by atomic mass is 16.6. The molecule has 0 N–H and O–H groups in total. The number of esters is 2. The van der Waals surface area contributed by atoms with Crippen LogP contribution < -0.4 is 0 Å². The van der Waals surface area contributed by atoms with E-state index in [0.29, 0.717) is 5.92 Å². The molecule has 1 aliphatic carbocycles. The van der Waals surface area contributed by atoms with Gasteiger partial charge < -0.3 is 9.47 Å². The summed E-state index contributed by atoms with van der Waals surface area (Å²) in [6, 6.07) is 0. The number of rotatable bonds is 5. The Hall–Kier alpha value is -1.06. The molecular weight excluding hydrogens is 220 g/mol. The van der Waals surface area contributed by atoms with Gasteiger partial charge in [-0.1, -0.05) is 13.8 Å². The van der Waals surface area contributed by atoms with Crippen LogP contribution in [0.5, 0.6) is 0 Å². The van der Waals surface area contributed by atoms with Crippen LogP contribution in [-0.2, 0) is 19.1 Å². The second-order valence-electron chi connectivity index (χ2n) is 4.98. The van der Waals surface area contributed by atoms with E-state index in [2.05, 4.69) is 18.6 Å². The van der Waals surface area contributed by atoms with Crippen LogP contribution in [0.1, 0.15) is 52.4 Å². The Balaban J connectivity index is 2.45. The molecule has 0 heterocycles. The van der Waals surface area contributed by atoms with Crippen LogP contribution in [0.2, 0.25) is 0 Å². The Morgan fingerprint density at radius 1 is 1.12 bits per heavy atom. The van der Waals surface area contributed by atoms with Gasteiger partial charge in [0.2, 0.25) is 0 Å². The Labute approximate surface area is 103 Å². The smallest absolute Gasteiger partial charge is 0.306 e. The largest absolute Gasteiger partial charge is 0.469 e. The molecular formula is C13H22O4. The van der Waals surface area contributed by atoms with Crippen molar-refractivity contribution < 1.29 is 19.1 Å². The van der Waals surface area contributed by atoms with Crippen LogP contribution in [0.3, 0.4) is 0 Å². The highest BCUT2D eigenvalue weighted by molar-refractivity contribution is 5.77. The molecule has 0 aromatic heterocycles. The van der Waals surface area contributed by atoms with E-state index in [9.17, 15) is 9.59 Å². The van der Waals surface area contributed by atoms with Crippen molar-refractivity contribution in [3.63, 3.8) is 0 Å². The average Bonchev–Trinajstić information content (AvgIpc) is 2.75. The van der Waals surface area contributed by atoms with Crippen molar-refractivity contribution in [3.05, 3.63) is 0 Å². The summed E-state index contributed by atoms with van der Waals surface area (Å²) in [7, 11) is 1.32. The zero-order chi connectivity index (χ0) is 12.9.